The van der Waals surface area contributed by atoms with Crippen molar-refractivity contribution in [2.45, 2.75) is 9.79 Å². The molecule has 0 unspecified atom stereocenters. The molecule has 2 aromatic carbocycles. The van der Waals surface area contributed by atoms with Crippen molar-refractivity contribution >= 4 is 29.3 Å². The van der Waals surface area contributed by atoms with Crippen molar-refractivity contribution in [2.75, 3.05) is 7.11 Å². The summed E-state index contributed by atoms with van der Waals surface area (Å²) in [6, 6.07) is 14.3. The highest BCUT2D eigenvalue weighted by Crippen LogP contribution is 2.32. The molecule has 0 saturated carbocycles. The Balaban J connectivity index is 2.32. The topological polar surface area (TPSA) is 50.1 Å². The van der Waals surface area contributed by atoms with Crippen LogP contribution < -0.4 is 0 Å². The lowest BCUT2D eigenvalue weighted by atomic mass is 10.2. The Kier molecular flexibility index (Phi) is 4.67. The highest BCUT2D eigenvalue weighted by atomic mass is 35.5. The molecule has 0 N–H and O–H groups in total. The molecule has 0 radical (unpaired) electrons. The standard InChI is InChI=1S/C15H10ClNO2S/c1-19-15(18)13-8-11(16)4-7-14(13)20-12-5-2-10(9-17)3-6-12/h2-8H,1H3. The smallest absolute Gasteiger partial charge is 0.339 e. The molecule has 0 spiro atoms. The Hall–Kier alpha value is -1.96. The molecule has 20 heavy (non-hydrogen) atoms. The summed E-state index contributed by atoms with van der Waals surface area (Å²) >= 11 is 7.32. The van der Waals surface area contributed by atoms with Crippen LogP contribution in [0.3, 0.4) is 0 Å². The first-order valence-electron chi connectivity index (χ1n) is 5.70. The number of carbonyl (C=O) groups is 1. The van der Waals surface area contributed by atoms with Gasteiger partial charge in [-0.3, -0.25) is 0 Å². The Labute approximate surface area is 126 Å². The Morgan fingerprint density at radius 3 is 2.55 bits per heavy atom. The number of benzene rings is 2. The number of hydrogen-bond acceptors (Lipinski definition) is 4. The van der Waals surface area contributed by atoms with Crippen LogP contribution in [-0.2, 0) is 4.74 Å². The van der Waals surface area contributed by atoms with E-state index in [0.29, 0.717) is 16.1 Å². The number of nitrogens with zero attached hydrogens (tertiary/aromatic N) is 1. The third-order valence-corrected chi connectivity index (χ3v) is 3.88. The molecule has 0 heterocycles. The molecular formula is C15H10ClNO2S. The molecule has 100 valence electrons. The molecule has 0 aliphatic carbocycles. The summed E-state index contributed by atoms with van der Waals surface area (Å²) in [5, 5.41) is 9.25. The van der Waals surface area contributed by atoms with Crippen molar-refractivity contribution in [1.82, 2.24) is 0 Å². The van der Waals surface area contributed by atoms with E-state index in [0.717, 1.165) is 9.79 Å². The maximum Gasteiger partial charge on any atom is 0.339 e. The fourth-order valence-corrected chi connectivity index (χ4v) is 2.67. The van der Waals surface area contributed by atoms with Crippen LogP contribution in [0.1, 0.15) is 15.9 Å². The maximum atomic E-state index is 11.7. The summed E-state index contributed by atoms with van der Waals surface area (Å²) in [5.74, 6) is -0.427. The van der Waals surface area contributed by atoms with Gasteiger partial charge in [0.1, 0.15) is 0 Å². The second-order valence-corrected chi connectivity index (χ2v) is 5.42. The highest BCUT2D eigenvalue weighted by Gasteiger charge is 2.13. The number of halogens is 1. The molecule has 0 amide bonds. The minimum absolute atomic E-state index is 0.425. The van der Waals surface area contributed by atoms with Crippen LogP contribution in [0.15, 0.2) is 52.3 Å². The quantitative estimate of drug-likeness (QED) is 0.799. The SMILES string of the molecule is COC(=O)c1cc(Cl)ccc1Sc1ccc(C#N)cc1. The van der Waals surface area contributed by atoms with Crippen molar-refractivity contribution in [3.63, 3.8) is 0 Å². The first-order chi connectivity index (χ1) is 9.63. The van der Waals surface area contributed by atoms with Gasteiger partial charge in [-0.1, -0.05) is 23.4 Å². The van der Waals surface area contributed by atoms with Crippen molar-refractivity contribution in [1.29, 1.82) is 5.26 Å². The van der Waals surface area contributed by atoms with E-state index in [9.17, 15) is 4.79 Å². The summed E-state index contributed by atoms with van der Waals surface area (Å²) in [4.78, 5) is 13.4. The summed E-state index contributed by atoms with van der Waals surface area (Å²) in [7, 11) is 1.33. The average Bonchev–Trinajstić information content (AvgIpc) is 2.49. The van der Waals surface area contributed by atoms with E-state index >= 15 is 0 Å². The Bertz CT molecular complexity index is 677. The second-order valence-electron chi connectivity index (χ2n) is 3.87. The lowest BCUT2D eigenvalue weighted by Crippen LogP contribution is -2.02. The zero-order chi connectivity index (χ0) is 14.5. The van der Waals surface area contributed by atoms with Crippen LogP contribution >= 0.6 is 23.4 Å². The van der Waals surface area contributed by atoms with Gasteiger partial charge < -0.3 is 4.74 Å². The fraction of sp³-hybridized carbons (Fsp3) is 0.0667. The van der Waals surface area contributed by atoms with Gasteiger partial charge in [-0.25, -0.2) is 4.79 Å². The summed E-state index contributed by atoms with van der Waals surface area (Å²) in [6.45, 7) is 0. The molecule has 5 heteroatoms. The van der Waals surface area contributed by atoms with E-state index in [2.05, 4.69) is 6.07 Å². The van der Waals surface area contributed by atoms with Crippen molar-refractivity contribution in [3.8, 4) is 6.07 Å². The molecule has 0 saturated heterocycles. The van der Waals surface area contributed by atoms with Gasteiger partial charge in [0.2, 0.25) is 0 Å². The molecule has 2 aromatic rings. The van der Waals surface area contributed by atoms with Gasteiger partial charge in [0.25, 0.3) is 0 Å². The third kappa shape index (κ3) is 3.32. The van der Waals surface area contributed by atoms with Crippen LogP contribution in [0, 0.1) is 11.3 Å². The van der Waals surface area contributed by atoms with Gasteiger partial charge in [-0.2, -0.15) is 5.26 Å². The van der Waals surface area contributed by atoms with Crippen LogP contribution in [0.5, 0.6) is 0 Å². The number of rotatable bonds is 3. The number of nitriles is 1. The monoisotopic (exact) mass is 303 g/mol. The lowest BCUT2D eigenvalue weighted by Gasteiger charge is -2.08. The van der Waals surface area contributed by atoms with E-state index in [1.54, 1.807) is 30.3 Å². The fourth-order valence-electron chi connectivity index (χ4n) is 1.59. The lowest BCUT2D eigenvalue weighted by molar-refractivity contribution is 0.0597. The van der Waals surface area contributed by atoms with Gasteiger partial charge in [0, 0.05) is 14.8 Å². The minimum atomic E-state index is -0.427. The van der Waals surface area contributed by atoms with Gasteiger partial charge in [0.05, 0.1) is 24.3 Å². The van der Waals surface area contributed by atoms with Crippen LogP contribution in [0.25, 0.3) is 0 Å². The predicted octanol–water partition coefficient (Wildman–Crippen LogP) is 4.15. The number of carbonyl (C=O) groups excluding carboxylic acids is 1. The number of hydrogen-bond donors (Lipinski definition) is 0. The number of esters is 1. The number of methoxy groups -OCH3 is 1. The zero-order valence-electron chi connectivity index (χ0n) is 10.6. The summed E-state index contributed by atoms with van der Waals surface area (Å²) < 4.78 is 4.75. The van der Waals surface area contributed by atoms with Crippen LogP contribution in [0.2, 0.25) is 5.02 Å². The molecule has 3 nitrogen and oxygen atoms in total. The second kappa shape index (κ2) is 6.47. The average molecular weight is 304 g/mol. The van der Waals surface area contributed by atoms with Crippen molar-refractivity contribution in [2.24, 2.45) is 0 Å². The van der Waals surface area contributed by atoms with Crippen molar-refractivity contribution < 1.29 is 9.53 Å². The van der Waals surface area contributed by atoms with Crippen molar-refractivity contribution in [3.05, 3.63) is 58.6 Å². The molecule has 0 fully saturated rings. The highest BCUT2D eigenvalue weighted by molar-refractivity contribution is 7.99. The number of ether oxygens (including phenoxy) is 1. The maximum absolute atomic E-state index is 11.7. The first-order valence-corrected chi connectivity index (χ1v) is 6.89. The molecule has 0 bridgehead atoms. The zero-order valence-corrected chi connectivity index (χ0v) is 12.2. The van der Waals surface area contributed by atoms with E-state index in [1.807, 2.05) is 12.1 Å². The van der Waals surface area contributed by atoms with Gasteiger partial charge in [0.15, 0.2) is 0 Å². The van der Waals surface area contributed by atoms with E-state index in [1.165, 1.54) is 18.9 Å². The Morgan fingerprint density at radius 1 is 1.25 bits per heavy atom. The molecule has 0 aromatic heterocycles. The van der Waals surface area contributed by atoms with Gasteiger partial charge in [-0.15, -0.1) is 0 Å². The van der Waals surface area contributed by atoms with Crippen LogP contribution in [0.4, 0.5) is 0 Å². The first kappa shape index (κ1) is 14.4. The van der Waals surface area contributed by atoms with Gasteiger partial charge >= 0.3 is 5.97 Å². The normalized spacial score (nSPS) is 9.85. The summed E-state index contributed by atoms with van der Waals surface area (Å²) in [6.07, 6.45) is 0. The molecule has 0 atom stereocenters. The summed E-state index contributed by atoms with van der Waals surface area (Å²) in [5.41, 5.74) is 1.02. The largest absolute Gasteiger partial charge is 0.465 e. The minimum Gasteiger partial charge on any atom is -0.465 e. The van der Waals surface area contributed by atoms with E-state index in [-0.39, 0.29) is 0 Å². The van der Waals surface area contributed by atoms with E-state index in [4.69, 9.17) is 21.6 Å². The molecule has 0 aliphatic rings. The third-order valence-electron chi connectivity index (χ3n) is 2.56. The molecular weight excluding hydrogens is 294 g/mol. The van der Waals surface area contributed by atoms with Gasteiger partial charge in [-0.05, 0) is 42.5 Å². The Morgan fingerprint density at radius 2 is 1.95 bits per heavy atom. The van der Waals surface area contributed by atoms with Crippen LogP contribution in [-0.4, -0.2) is 13.1 Å². The molecule has 0 aliphatic heterocycles. The predicted molar refractivity (Wildman–Crippen MR) is 78.1 cm³/mol. The van der Waals surface area contributed by atoms with E-state index < -0.39 is 5.97 Å². The molecule has 2 rings (SSSR count).